The Bertz CT molecular complexity index is 1010. The van der Waals surface area contributed by atoms with E-state index in [1.807, 2.05) is 43.0 Å². The number of amides is 1. The summed E-state index contributed by atoms with van der Waals surface area (Å²) in [7, 11) is 3.39. The first kappa shape index (κ1) is 20.5. The molecule has 2 aromatic carbocycles. The third kappa shape index (κ3) is 3.97. The van der Waals surface area contributed by atoms with Crippen molar-refractivity contribution in [2.24, 2.45) is 0 Å². The third-order valence-electron chi connectivity index (χ3n) is 4.82. The Morgan fingerprint density at radius 3 is 2.38 bits per heavy atom. The van der Waals surface area contributed by atoms with Crippen molar-refractivity contribution >= 4 is 34.6 Å². The number of nitrogens with zero attached hydrogens (tertiary/aromatic N) is 3. The standard InChI is InChI=1S/C21H22N4O3S/c1-13-6-5-7-17(12-13)24-14(2)18(20(26)23(3)4)19(22-21(24)29)15-8-10-16(11-9-15)25(27)28/h5-12,19H,1-4H3,(H,22,29). The first-order valence-corrected chi connectivity index (χ1v) is 9.45. The number of allylic oxidation sites excluding steroid dienone is 1. The summed E-state index contributed by atoms with van der Waals surface area (Å²) in [6, 6.07) is 13.5. The number of rotatable bonds is 4. The molecule has 0 spiro atoms. The fourth-order valence-corrected chi connectivity index (χ4v) is 3.74. The zero-order chi connectivity index (χ0) is 21.3. The average Bonchev–Trinajstić information content (AvgIpc) is 2.67. The lowest BCUT2D eigenvalue weighted by Crippen LogP contribution is -2.49. The van der Waals surface area contributed by atoms with Gasteiger partial charge in [0.15, 0.2) is 5.11 Å². The summed E-state index contributed by atoms with van der Waals surface area (Å²) in [5.41, 5.74) is 3.93. The van der Waals surface area contributed by atoms with E-state index in [1.165, 1.54) is 17.0 Å². The SMILES string of the molecule is CC1=C(C(=O)N(C)C)C(c2ccc([N+](=O)[O-])cc2)NC(=S)N1c1cccc(C)c1. The summed E-state index contributed by atoms with van der Waals surface area (Å²) in [5.74, 6) is -0.154. The van der Waals surface area contributed by atoms with E-state index < -0.39 is 11.0 Å². The van der Waals surface area contributed by atoms with Crippen molar-refractivity contribution in [3.05, 3.63) is 81.0 Å². The van der Waals surface area contributed by atoms with Gasteiger partial charge >= 0.3 is 0 Å². The second kappa shape index (κ2) is 8.00. The van der Waals surface area contributed by atoms with Crippen LogP contribution in [0, 0.1) is 17.0 Å². The minimum atomic E-state index is -0.501. The molecule has 1 aliphatic rings. The van der Waals surface area contributed by atoms with Gasteiger partial charge in [0, 0.05) is 37.6 Å². The van der Waals surface area contributed by atoms with Crippen LogP contribution in [0.2, 0.25) is 0 Å². The summed E-state index contributed by atoms with van der Waals surface area (Å²) >= 11 is 5.63. The van der Waals surface area contributed by atoms with Crippen molar-refractivity contribution in [3.8, 4) is 0 Å². The molecule has 1 N–H and O–H groups in total. The van der Waals surface area contributed by atoms with E-state index >= 15 is 0 Å². The van der Waals surface area contributed by atoms with Gasteiger partial charge < -0.3 is 10.2 Å². The second-order valence-electron chi connectivity index (χ2n) is 7.10. The number of carbonyl (C=O) groups is 1. The average molecular weight is 410 g/mol. The van der Waals surface area contributed by atoms with Crippen LogP contribution < -0.4 is 10.2 Å². The Labute approximate surface area is 174 Å². The summed E-state index contributed by atoms with van der Waals surface area (Å²) < 4.78 is 0. The van der Waals surface area contributed by atoms with Crippen LogP contribution in [0.25, 0.3) is 0 Å². The predicted octanol–water partition coefficient (Wildman–Crippen LogP) is 3.70. The Morgan fingerprint density at radius 1 is 1.17 bits per heavy atom. The van der Waals surface area contributed by atoms with Gasteiger partial charge in [0.05, 0.1) is 16.5 Å². The molecule has 0 saturated carbocycles. The van der Waals surface area contributed by atoms with Gasteiger partial charge in [-0.1, -0.05) is 12.1 Å². The number of likely N-dealkylation sites (N-methyl/N-ethyl adjacent to an activating group) is 1. The molecular formula is C21H22N4O3S. The molecule has 0 saturated heterocycles. The highest BCUT2D eigenvalue weighted by Crippen LogP contribution is 2.35. The highest BCUT2D eigenvalue weighted by molar-refractivity contribution is 7.80. The number of benzene rings is 2. The van der Waals surface area contributed by atoms with Crippen molar-refractivity contribution in [2.75, 3.05) is 19.0 Å². The number of hydrogen-bond acceptors (Lipinski definition) is 4. The normalized spacial score (nSPS) is 16.5. The molecular weight excluding hydrogens is 388 g/mol. The van der Waals surface area contributed by atoms with E-state index in [0.717, 1.165) is 22.5 Å². The minimum absolute atomic E-state index is 0.00490. The van der Waals surface area contributed by atoms with E-state index in [4.69, 9.17) is 12.2 Å². The van der Waals surface area contributed by atoms with E-state index in [0.29, 0.717) is 10.7 Å². The Morgan fingerprint density at radius 2 is 1.83 bits per heavy atom. The highest BCUT2D eigenvalue weighted by atomic mass is 32.1. The molecule has 1 unspecified atom stereocenters. The first-order valence-electron chi connectivity index (χ1n) is 9.04. The molecule has 8 heteroatoms. The molecule has 0 aromatic heterocycles. The predicted molar refractivity (Wildman–Crippen MR) is 117 cm³/mol. The van der Waals surface area contributed by atoms with Crippen LogP contribution in [-0.2, 0) is 4.79 Å². The molecule has 29 heavy (non-hydrogen) atoms. The van der Waals surface area contributed by atoms with Crippen LogP contribution in [0.3, 0.4) is 0 Å². The maximum atomic E-state index is 13.1. The second-order valence-corrected chi connectivity index (χ2v) is 7.49. The topological polar surface area (TPSA) is 78.7 Å². The third-order valence-corrected chi connectivity index (χ3v) is 5.12. The molecule has 7 nitrogen and oxygen atoms in total. The number of carbonyl (C=O) groups excluding carboxylic acids is 1. The van der Waals surface area contributed by atoms with E-state index in [1.54, 1.807) is 26.2 Å². The van der Waals surface area contributed by atoms with Crippen LogP contribution >= 0.6 is 12.2 Å². The van der Waals surface area contributed by atoms with Gasteiger partial charge in [0.1, 0.15) is 0 Å². The molecule has 0 bridgehead atoms. The Balaban J connectivity index is 2.13. The number of nitro benzene ring substituents is 1. The largest absolute Gasteiger partial charge is 0.351 e. The highest BCUT2D eigenvalue weighted by Gasteiger charge is 2.35. The number of nitrogens with one attached hydrogen (secondary N) is 1. The van der Waals surface area contributed by atoms with E-state index in [9.17, 15) is 14.9 Å². The number of hydrogen-bond donors (Lipinski definition) is 1. The van der Waals surface area contributed by atoms with Crippen LogP contribution in [-0.4, -0.2) is 34.9 Å². The molecule has 150 valence electrons. The molecule has 0 aliphatic carbocycles. The maximum Gasteiger partial charge on any atom is 0.269 e. The number of aryl methyl sites for hydroxylation is 1. The molecule has 3 rings (SSSR count). The van der Waals surface area contributed by atoms with Gasteiger partial charge in [0.2, 0.25) is 0 Å². The number of thiocarbonyl (C=S) groups is 1. The first-order chi connectivity index (χ1) is 13.7. The summed E-state index contributed by atoms with van der Waals surface area (Å²) in [5, 5.41) is 14.7. The van der Waals surface area contributed by atoms with E-state index in [-0.39, 0.29) is 11.6 Å². The van der Waals surface area contributed by atoms with Gasteiger partial charge in [0.25, 0.3) is 11.6 Å². The van der Waals surface area contributed by atoms with E-state index in [2.05, 4.69) is 5.32 Å². The number of anilines is 1. The van der Waals surface area contributed by atoms with Gasteiger partial charge in [-0.05, 0) is 61.5 Å². The summed E-state index contributed by atoms with van der Waals surface area (Å²) in [6.07, 6.45) is 0. The van der Waals surface area contributed by atoms with Crippen molar-refractivity contribution in [1.82, 2.24) is 10.2 Å². The fourth-order valence-electron chi connectivity index (χ4n) is 3.38. The van der Waals surface area contributed by atoms with Crippen LogP contribution in [0.5, 0.6) is 0 Å². The lowest BCUT2D eigenvalue weighted by Gasteiger charge is -2.38. The van der Waals surface area contributed by atoms with Crippen molar-refractivity contribution in [2.45, 2.75) is 19.9 Å². The summed E-state index contributed by atoms with van der Waals surface area (Å²) in [6.45, 7) is 3.86. The Kier molecular flexibility index (Phi) is 5.65. The number of non-ortho nitro benzene ring substituents is 1. The van der Waals surface area contributed by atoms with Gasteiger partial charge in [-0.3, -0.25) is 19.8 Å². The fraction of sp³-hybridized carbons (Fsp3) is 0.238. The molecule has 0 fully saturated rings. The Hall–Kier alpha value is -3.26. The zero-order valence-corrected chi connectivity index (χ0v) is 17.5. The van der Waals surface area contributed by atoms with Crippen LogP contribution in [0.1, 0.15) is 24.1 Å². The lowest BCUT2D eigenvalue weighted by molar-refractivity contribution is -0.384. The summed E-state index contributed by atoms with van der Waals surface area (Å²) in [4.78, 5) is 27.0. The molecule has 1 aliphatic heterocycles. The monoisotopic (exact) mass is 410 g/mol. The molecule has 1 heterocycles. The lowest BCUT2D eigenvalue weighted by atomic mass is 9.93. The molecule has 1 amide bonds. The van der Waals surface area contributed by atoms with Gasteiger partial charge in [-0.25, -0.2) is 0 Å². The smallest absolute Gasteiger partial charge is 0.269 e. The van der Waals surface area contributed by atoms with Crippen LogP contribution in [0.4, 0.5) is 11.4 Å². The zero-order valence-electron chi connectivity index (χ0n) is 16.7. The number of nitro groups is 1. The quantitative estimate of drug-likeness (QED) is 0.470. The van der Waals surface area contributed by atoms with Crippen LogP contribution in [0.15, 0.2) is 59.8 Å². The minimum Gasteiger partial charge on any atom is -0.351 e. The molecule has 1 atom stereocenters. The molecule has 0 radical (unpaired) electrons. The maximum absolute atomic E-state index is 13.1. The van der Waals surface area contributed by atoms with Crippen molar-refractivity contribution in [1.29, 1.82) is 0 Å². The van der Waals surface area contributed by atoms with Gasteiger partial charge in [-0.15, -0.1) is 0 Å². The molecule has 2 aromatic rings. The van der Waals surface area contributed by atoms with Gasteiger partial charge in [-0.2, -0.15) is 0 Å². The van der Waals surface area contributed by atoms with Crippen molar-refractivity contribution in [3.63, 3.8) is 0 Å². The van der Waals surface area contributed by atoms with Crippen molar-refractivity contribution < 1.29 is 9.72 Å².